The molecule has 1 fully saturated rings. The van der Waals surface area contributed by atoms with Crippen LogP contribution in [0.3, 0.4) is 0 Å². The molecule has 0 aromatic heterocycles. The van der Waals surface area contributed by atoms with E-state index in [-0.39, 0.29) is 17.8 Å². The fourth-order valence-electron chi connectivity index (χ4n) is 3.60. The largest absolute Gasteiger partial charge is 0.493 e. The molecule has 1 N–H and O–H groups in total. The van der Waals surface area contributed by atoms with Crippen LogP contribution < -0.4 is 10.1 Å². The highest BCUT2D eigenvalue weighted by Crippen LogP contribution is 2.25. The lowest BCUT2D eigenvalue weighted by Crippen LogP contribution is -2.50. The molecule has 0 atom stereocenters. The molecule has 0 bridgehead atoms. The van der Waals surface area contributed by atoms with Crippen LogP contribution in [0.2, 0.25) is 0 Å². The van der Waals surface area contributed by atoms with Crippen LogP contribution in [-0.4, -0.2) is 48.2 Å². The predicted octanol–water partition coefficient (Wildman–Crippen LogP) is 4.16. The summed E-state index contributed by atoms with van der Waals surface area (Å²) in [5.74, 6) is 0.593. The maximum atomic E-state index is 12.8. The number of benzene rings is 1. The summed E-state index contributed by atoms with van der Waals surface area (Å²) < 4.78 is 11.0. The Hall–Kier alpha value is -2.15. The van der Waals surface area contributed by atoms with Crippen molar-refractivity contribution in [1.82, 2.24) is 10.2 Å². The molecule has 1 saturated heterocycles. The molecule has 1 aromatic rings. The van der Waals surface area contributed by atoms with Crippen molar-refractivity contribution in [2.24, 2.45) is 11.3 Å². The summed E-state index contributed by atoms with van der Waals surface area (Å²) in [5, 5.41) is 3.33. The molecule has 172 valence electrons. The van der Waals surface area contributed by atoms with Crippen molar-refractivity contribution in [3.63, 3.8) is 0 Å². The maximum Gasteiger partial charge on any atom is 0.309 e. The minimum atomic E-state index is -0.557. The van der Waals surface area contributed by atoms with Gasteiger partial charge in [-0.05, 0) is 75.9 Å². The van der Waals surface area contributed by atoms with Gasteiger partial charge in [0.1, 0.15) is 5.75 Å². The highest BCUT2D eigenvalue weighted by Gasteiger charge is 2.31. The Balaban J connectivity index is 1.75. The normalized spacial score (nSPS) is 14.8. The number of ether oxygens (including phenoxy) is 2. The minimum Gasteiger partial charge on any atom is -0.493 e. The van der Waals surface area contributed by atoms with Crippen LogP contribution in [0.1, 0.15) is 57.6 Å². The standard InChI is InChI=1S/C24H36N2O4S/c1-6-29-21(27)19-10-13-26(14-11-19)23(31)25-22(28)24(4,5)12-7-15-30-20-16-17(2)8-9-18(20)3/h8-9,16,19H,6-7,10-15H2,1-5H3,(H,25,28,31). The molecule has 1 amide bonds. The van der Waals surface area contributed by atoms with Crippen molar-refractivity contribution in [1.29, 1.82) is 0 Å². The van der Waals surface area contributed by atoms with E-state index >= 15 is 0 Å². The van der Waals surface area contributed by atoms with Gasteiger partial charge in [-0.25, -0.2) is 0 Å². The Morgan fingerprint density at radius 3 is 2.55 bits per heavy atom. The summed E-state index contributed by atoms with van der Waals surface area (Å²) in [7, 11) is 0. The number of hydrogen-bond donors (Lipinski definition) is 1. The molecule has 0 radical (unpaired) electrons. The number of hydrogen-bond acceptors (Lipinski definition) is 5. The van der Waals surface area contributed by atoms with Crippen molar-refractivity contribution in [3.05, 3.63) is 29.3 Å². The summed E-state index contributed by atoms with van der Waals surface area (Å²) in [4.78, 5) is 26.6. The van der Waals surface area contributed by atoms with E-state index in [4.69, 9.17) is 21.7 Å². The number of thiocarbonyl (C=S) groups is 1. The molecule has 2 rings (SSSR count). The Morgan fingerprint density at radius 2 is 1.90 bits per heavy atom. The third-order valence-electron chi connectivity index (χ3n) is 5.78. The molecule has 1 aliphatic rings. The molecule has 1 aromatic carbocycles. The van der Waals surface area contributed by atoms with Crippen molar-refractivity contribution >= 4 is 29.2 Å². The third kappa shape index (κ3) is 7.49. The second-order valence-electron chi connectivity index (χ2n) is 8.88. The highest BCUT2D eigenvalue weighted by atomic mass is 32.1. The Labute approximate surface area is 191 Å². The van der Waals surface area contributed by atoms with Gasteiger partial charge in [0.25, 0.3) is 0 Å². The summed E-state index contributed by atoms with van der Waals surface area (Å²) >= 11 is 5.45. The van der Waals surface area contributed by atoms with Crippen LogP contribution in [0.5, 0.6) is 5.75 Å². The Kier molecular flexibility index (Phi) is 9.29. The molecule has 1 aliphatic heterocycles. The SMILES string of the molecule is CCOC(=O)C1CCN(C(=S)NC(=O)C(C)(C)CCCOc2cc(C)ccc2C)CC1. The molecule has 7 heteroatoms. The number of piperidine rings is 1. The van der Waals surface area contributed by atoms with Crippen LogP contribution in [0, 0.1) is 25.2 Å². The zero-order chi connectivity index (χ0) is 23.0. The summed E-state index contributed by atoms with van der Waals surface area (Å²) in [6.07, 6.45) is 2.84. The van der Waals surface area contributed by atoms with Gasteiger partial charge >= 0.3 is 5.97 Å². The number of carbonyl (C=O) groups excluding carboxylic acids is 2. The molecule has 0 spiro atoms. The number of rotatable bonds is 8. The van der Waals surface area contributed by atoms with Crippen molar-refractivity contribution in [2.45, 2.75) is 60.3 Å². The fourth-order valence-corrected chi connectivity index (χ4v) is 3.87. The maximum absolute atomic E-state index is 12.8. The van der Waals surface area contributed by atoms with E-state index < -0.39 is 5.41 Å². The van der Waals surface area contributed by atoms with E-state index in [2.05, 4.69) is 17.4 Å². The molecule has 0 saturated carbocycles. The van der Waals surface area contributed by atoms with Crippen molar-refractivity contribution in [3.8, 4) is 5.75 Å². The van der Waals surface area contributed by atoms with E-state index in [1.54, 1.807) is 0 Å². The summed E-state index contributed by atoms with van der Waals surface area (Å²) in [6, 6.07) is 6.16. The topological polar surface area (TPSA) is 67.9 Å². The van der Waals surface area contributed by atoms with Crippen LogP contribution >= 0.6 is 12.2 Å². The van der Waals surface area contributed by atoms with Gasteiger partial charge < -0.3 is 19.7 Å². The molecule has 1 heterocycles. The lowest BCUT2D eigenvalue weighted by atomic mass is 9.87. The van der Waals surface area contributed by atoms with Crippen LogP contribution in [0.15, 0.2) is 18.2 Å². The van der Waals surface area contributed by atoms with Crippen molar-refractivity contribution in [2.75, 3.05) is 26.3 Å². The smallest absolute Gasteiger partial charge is 0.309 e. The molecule has 31 heavy (non-hydrogen) atoms. The van der Waals surface area contributed by atoms with Gasteiger partial charge in [0, 0.05) is 18.5 Å². The molecular weight excluding hydrogens is 412 g/mol. The van der Waals surface area contributed by atoms with E-state index in [1.165, 1.54) is 5.56 Å². The molecule has 0 aliphatic carbocycles. The fraction of sp³-hybridized carbons (Fsp3) is 0.625. The molecular formula is C24H36N2O4S. The van der Waals surface area contributed by atoms with Crippen LogP contribution in [0.4, 0.5) is 0 Å². The predicted molar refractivity (Wildman–Crippen MR) is 126 cm³/mol. The van der Waals surface area contributed by atoms with Gasteiger partial charge in [-0.15, -0.1) is 0 Å². The molecule has 6 nitrogen and oxygen atoms in total. The zero-order valence-corrected chi connectivity index (χ0v) is 20.3. The zero-order valence-electron chi connectivity index (χ0n) is 19.5. The third-order valence-corrected chi connectivity index (χ3v) is 6.14. The Morgan fingerprint density at radius 1 is 1.23 bits per heavy atom. The summed E-state index contributed by atoms with van der Waals surface area (Å²) in [5.41, 5.74) is 1.72. The first-order chi connectivity index (χ1) is 14.6. The van der Waals surface area contributed by atoms with Gasteiger partial charge in [-0.2, -0.15) is 0 Å². The van der Waals surface area contributed by atoms with Gasteiger partial charge in [0.2, 0.25) is 5.91 Å². The lowest BCUT2D eigenvalue weighted by Gasteiger charge is -2.33. The average Bonchev–Trinajstić information content (AvgIpc) is 2.73. The first-order valence-electron chi connectivity index (χ1n) is 11.1. The molecule has 0 unspecified atom stereocenters. The number of aryl methyl sites for hydroxylation is 2. The minimum absolute atomic E-state index is 0.0804. The second kappa shape index (κ2) is 11.5. The van der Waals surface area contributed by atoms with Crippen LogP contribution in [0.25, 0.3) is 0 Å². The quantitative estimate of drug-likeness (QED) is 0.366. The van der Waals surface area contributed by atoms with Gasteiger partial charge in [-0.1, -0.05) is 26.0 Å². The Bertz CT molecular complexity index is 786. The van der Waals surface area contributed by atoms with Crippen LogP contribution in [-0.2, 0) is 14.3 Å². The number of esters is 1. The van der Waals surface area contributed by atoms with Gasteiger partial charge in [-0.3, -0.25) is 9.59 Å². The highest BCUT2D eigenvalue weighted by molar-refractivity contribution is 7.80. The first kappa shape index (κ1) is 25.1. The number of nitrogens with one attached hydrogen (secondary N) is 1. The first-order valence-corrected chi connectivity index (χ1v) is 11.5. The van der Waals surface area contributed by atoms with Crippen molar-refractivity contribution < 1.29 is 19.1 Å². The number of nitrogens with zero attached hydrogens (tertiary/aromatic N) is 1. The lowest BCUT2D eigenvalue weighted by molar-refractivity contribution is -0.149. The van der Waals surface area contributed by atoms with Gasteiger partial charge in [0.15, 0.2) is 5.11 Å². The monoisotopic (exact) mass is 448 g/mol. The van der Waals surface area contributed by atoms with E-state index in [0.29, 0.717) is 50.7 Å². The van der Waals surface area contributed by atoms with E-state index in [0.717, 1.165) is 17.7 Å². The summed E-state index contributed by atoms with van der Waals surface area (Å²) in [6.45, 7) is 12.0. The van der Waals surface area contributed by atoms with Gasteiger partial charge in [0.05, 0.1) is 19.1 Å². The second-order valence-corrected chi connectivity index (χ2v) is 9.26. The van der Waals surface area contributed by atoms with E-state index in [9.17, 15) is 9.59 Å². The number of likely N-dealkylation sites (tertiary alicyclic amines) is 1. The average molecular weight is 449 g/mol. The van der Waals surface area contributed by atoms with E-state index in [1.807, 2.05) is 45.6 Å². The number of amides is 1. The number of carbonyl (C=O) groups is 2.